The molecule has 0 bridgehead atoms. The van der Waals surface area contributed by atoms with Crippen LogP contribution in [0, 0.1) is 5.92 Å². The van der Waals surface area contributed by atoms with E-state index in [2.05, 4.69) is 5.32 Å². The van der Waals surface area contributed by atoms with Crippen molar-refractivity contribution in [2.45, 2.75) is 33.6 Å². The number of carbonyl (C=O) groups excluding carboxylic acids is 1. The third-order valence-electron chi connectivity index (χ3n) is 5.34. The fraction of sp³-hybridized carbons (Fsp3) is 0.308. The first-order valence-electron chi connectivity index (χ1n) is 10.8. The van der Waals surface area contributed by atoms with Gasteiger partial charge in [0.1, 0.15) is 5.75 Å². The summed E-state index contributed by atoms with van der Waals surface area (Å²) >= 11 is 12.6. The monoisotopic (exact) mass is 470 g/mol. The van der Waals surface area contributed by atoms with Crippen molar-refractivity contribution in [1.82, 2.24) is 5.32 Å². The average Bonchev–Trinajstić information content (AvgIpc) is 2.76. The van der Waals surface area contributed by atoms with Crippen molar-refractivity contribution in [2.75, 3.05) is 13.2 Å². The van der Waals surface area contributed by atoms with Gasteiger partial charge in [0, 0.05) is 17.8 Å². The van der Waals surface area contributed by atoms with Gasteiger partial charge in [0.15, 0.2) is 0 Å². The summed E-state index contributed by atoms with van der Waals surface area (Å²) in [7, 11) is 0. The van der Waals surface area contributed by atoms with Crippen LogP contribution in [0.4, 0.5) is 0 Å². The molecular formula is C26H28Cl2N2O2. The Bertz CT molecular complexity index is 1050. The number of amides is 1. The van der Waals surface area contributed by atoms with Crippen molar-refractivity contribution in [2.24, 2.45) is 10.9 Å². The molecule has 0 aromatic heterocycles. The summed E-state index contributed by atoms with van der Waals surface area (Å²) in [6.07, 6.45) is 5.30. The van der Waals surface area contributed by atoms with Crippen molar-refractivity contribution in [3.05, 3.63) is 87.1 Å². The summed E-state index contributed by atoms with van der Waals surface area (Å²) < 4.78 is 5.66. The van der Waals surface area contributed by atoms with Crippen molar-refractivity contribution < 1.29 is 9.53 Å². The molecule has 1 amide bonds. The Morgan fingerprint density at radius 3 is 2.56 bits per heavy atom. The van der Waals surface area contributed by atoms with E-state index in [1.54, 1.807) is 12.1 Å². The lowest BCUT2D eigenvalue weighted by Crippen LogP contribution is -2.32. The summed E-state index contributed by atoms with van der Waals surface area (Å²) in [5, 5.41) is 4.19. The summed E-state index contributed by atoms with van der Waals surface area (Å²) in [6, 6.07) is 13.3. The third-order valence-corrected chi connectivity index (χ3v) is 5.97. The molecule has 0 radical (unpaired) electrons. The number of halogens is 2. The van der Waals surface area contributed by atoms with Crippen molar-refractivity contribution in [3.63, 3.8) is 0 Å². The third kappa shape index (κ3) is 6.02. The van der Waals surface area contributed by atoms with Crippen LogP contribution in [0.15, 0.2) is 70.9 Å². The van der Waals surface area contributed by atoms with Crippen LogP contribution in [0.1, 0.15) is 38.3 Å². The highest BCUT2D eigenvalue weighted by molar-refractivity contribution is 6.40. The maximum atomic E-state index is 12.7. The molecule has 0 heterocycles. The molecule has 32 heavy (non-hydrogen) atoms. The highest BCUT2D eigenvalue weighted by atomic mass is 35.5. The standard InChI is InChI=1S/C26H28Cl2N2O2/c1-4-32-24-11-6-5-8-19(24)14-15-29-26(31)20-12-13-23(17(2)16-20)30-18(3)25-21(27)9-7-10-22(25)28/h5-11,13,16,20H,4,12,14-15H2,1-3H3,(H,29,31). The Morgan fingerprint density at radius 1 is 1.16 bits per heavy atom. The van der Waals surface area contributed by atoms with Crippen LogP contribution >= 0.6 is 23.2 Å². The molecule has 4 nitrogen and oxygen atoms in total. The molecule has 1 aliphatic rings. The maximum absolute atomic E-state index is 12.7. The molecule has 3 rings (SSSR count). The number of rotatable bonds is 8. The zero-order chi connectivity index (χ0) is 23.1. The minimum atomic E-state index is -0.208. The number of hydrogen-bond donors (Lipinski definition) is 1. The van der Waals surface area contributed by atoms with Gasteiger partial charge in [-0.05, 0) is 62.9 Å². The molecule has 0 fully saturated rings. The molecule has 1 aliphatic carbocycles. The summed E-state index contributed by atoms with van der Waals surface area (Å²) in [6.45, 7) is 7.00. The first-order chi connectivity index (χ1) is 15.4. The number of aliphatic imine (C=N–C) groups is 1. The van der Waals surface area contributed by atoms with Gasteiger partial charge < -0.3 is 10.1 Å². The molecule has 0 saturated heterocycles. The predicted octanol–water partition coefficient (Wildman–Crippen LogP) is 6.41. The second kappa shape index (κ2) is 11.3. The Balaban J connectivity index is 1.60. The largest absolute Gasteiger partial charge is 0.494 e. The Kier molecular flexibility index (Phi) is 8.54. The molecule has 0 saturated carbocycles. The minimum absolute atomic E-state index is 0.0170. The number of benzene rings is 2. The van der Waals surface area contributed by atoms with Gasteiger partial charge in [0.2, 0.25) is 5.91 Å². The molecule has 1 unspecified atom stereocenters. The molecule has 6 heteroatoms. The van der Waals surface area contributed by atoms with Crippen LogP contribution in [0.2, 0.25) is 10.0 Å². The number of para-hydroxylation sites is 1. The van der Waals surface area contributed by atoms with Crippen molar-refractivity contribution in [3.8, 4) is 5.75 Å². The summed E-state index contributed by atoms with van der Waals surface area (Å²) in [4.78, 5) is 17.4. The Labute approximate surface area is 200 Å². The van der Waals surface area contributed by atoms with Crippen molar-refractivity contribution >= 4 is 34.8 Å². The molecule has 0 aliphatic heterocycles. The van der Waals surface area contributed by atoms with Gasteiger partial charge in [0.05, 0.1) is 28.3 Å². The maximum Gasteiger partial charge on any atom is 0.227 e. The fourth-order valence-corrected chi connectivity index (χ4v) is 4.38. The second-order valence-electron chi connectivity index (χ2n) is 7.66. The lowest BCUT2D eigenvalue weighted by molar-refractivity contribution is -0.123. The average molecular weight is 471 g/mol. The summed E-state index contributed by atoms with van der Waals surface area (Å²) in [5.41, 5.74) is 4.37. The first kappa shape index (κ1) is 24.1. The van der Waals surface area contributed by atoms with Gasteiger partial charge >= 0.3 is 0 Å². The van der Waals surface area contributed by atoms with Gasteiger partial charge in [-0.1, -0.05) is 59.6 Å². The lowest BCUT2D eigenvalue weighted by Gasteiger charge is -2.19. The zero-order valence-electron chi connectivity index (χ0n) is 18.6. The molecule has 0 spiro atoms. The predicted molar refractivity (Wildman–Crippen MR) is 133 cm³/mol. The minimum Gasteiger partial charge on any atom is -0.494 e. The molecule has 2 aromatic carbocycles. The highest BCUT2D eigenvalue weighted by Gasteiger charge is 2.20. The van der Waals surface area contributed by atoms with Crippen LogP contribution < -0.4 is 10.1 Å². The van der Waals surface area contributed by atoms with E-state index < -0.39 is 0 Å². The zero-order valence-corrected chi connectivity index (χ0v) is 20.1. The van der Waals surface area contributed by atoms with E-state index in [0.29, 0.717) is 29.6 Å². The molecule has 168 valence electrons. The molecular weight excluding hydrogens is 443 g/mol. The van der Waals surface area contributed by atoms with E-state index in [1.165, 1.54) is 0 Å². The quantitative estimate of drug-likeness (QED) is 0.453. The first-order valence-corrected chi connectivity index (χ1v) is 11.5. The van der Waals surface area contributed by atoms with E-state index in [1.807, 2.05) is 63.3 Å². The topological polar surface area (TPSA) is 50.7 Å². The smallest absolute Gasteiger partial charge is 0.227 e. The van der Waals surface area contributed by atoms with Crippen LogP contribution in [0.25, 0.3) is 0 Å². The molecule has 2 aromatic rings. The number of allylic oxidation sites excluding steroid dienone is 2. The van der Waals surface area contributed by atoms with E-state index >= 15 is 0 Å². The van der Waals surface area contributed by atoms with Crippen molar-refractivity contribution in [1.29, 1.82) is 0 Å². The molecule has 1 atom stereocenters. The molecule has 1 N–H and O–H groups in total. The Hall–Kier alpha value is -2.56. The normalized spacial score (nSPS) is 16.3. The summed E-state index contributed by atoms with van der Waals surface area (Å²) in [5.74, 6) is 0.681. The van der Waals surface area contributed by atoms with Gasteiger partial charge in [-0.25, -0.2) is 0 Å². The lowest BCUT2D eigenvalue weighted by atomic mass is 9.93. The van der Waals surface area contributed by atoms with E-state index in [4.69, 9.17) is 32.9 Å². The van der Waals surface area contributed by atoms with Crippen LogP contribution in [0.3, 0.4) is 0 Å². The SMILES string of the molecule is CCOc1ccccc1CCNC(=O)C1C=C(C)C(N=C(C)c2c(Cl)cccc2Cl)=CC1. The van der Waals surface area contributed by atoms with Crippen LogP contribution in [0.5, 0.6) is 5.75 Å². The number of hydrogen-bond acceptors (Lipinski definition) is 3. The fourth-order valence-electron chi connectivity index (χ4n) is 3.71. The van der Waals surface area contributed by atoms with Gasteiger partial charge in [-0.3, -0.25) is 9.79 Å². The van der Waals surface area contributed by atoms with E-state index in [0.717, 1.165) is 40.3 Å². The van der Waals surface area contributed by atoms with Gasteiger partial charge in [-0.15, -0.1) is 0 Å². The van der Waals surface area contributed by atoms with E-state index in [9.17, 15) is 4.79 Å². The number of nitrogens with one attached hydrogen (secondary N) is 1. The van der Waals surface area contributed by atoms with Crippen LogP contribution in [-0.2, 0) is 11.2 Å². The second-order valence-corrected chi connectivity index (χ2v) is 8.47. The number of ether oxygens (including phenoxy) is 1. The van der Waals surface area contributed by atoms with Gasteiger partial charge in [-0.2, -0.15) is 0 Å². The number of nitrogens with zero attached hydrogens (tertiary/aromatic N) is 1. The van der Waals surface area contributed by atoms with E-state index in [-0.39, 0.29) is 11.8 Å². The Morgan fingerprint density at radius 2 is 1.88 bits per heavy atom. The van der Waals surface area contributed by atoms with Gasteiger partial charge in [0.25, 0.3) is 0 Å². The van der Waals surface area contributed by atoms with Crippen LogP contribution in [-0.4, -0.2) is 24.8 Å². The number of carbonyl (C=O) groups is 1. The highest BCUT2D eigenvalue weighted by Crippen LogP contribution is 2.28.